The Labute approximate surface area is 199 Å². The molecule has 1 N–H and O–H groups in total. The van der Waals surface area contributed by atoms with Gasteiger partial charge in [-0.2, -0.15) is 0 Å². The molecule has 0 radical (unpaired) electrons. The van der Waals surface area contributed by atoms with E-state index in [4.69, 9.17) is 21.3 Å². The Morgan fingerprint density at radius 3 is 2.52 bits per heavy atom. The summed E-state index contributed by atoms with van der Waals surface area (Å²) in [4.78, 5) is 17.1. The molecule has 0 spiro atoms. The molecule has 0 fully saturated rings. The molecule has 0 aliphatic carbocycles. The normalized spacial score (nSPS) is 11.0. The molecule has 4 aromatic rings. The van der Waals surface area contributed by atoms with Crippen molar-refractivity contribution in [3.8, 4) is 5.75 Å². The fraction of sp³-hybridized carbons (Fsp3) is 0.259. The third kappa shape index (κ3) is 5.93. The first kappa shape index (κ1) is 22.9. The van der Waals surface area contributed by atoms with E-state index in [1.54, 1.807) is 24.3 Å². The Morgan fingerprint density at radius 1 is 1.03 bits per heavy atom. The third-order valence-electron chi connectivity index (χ3n) is 5.48. The van der Waals surface area contributed by atoms with Crippen molar-refractivity contribution in [3.05, 3.63) is 94.3 Å². The summed E-state index contributed by atoms with van der Waals surface area (Å²) in [6.45, 7) is 5.99. The van der Waals surface area contributed by atoms with Gasteiger partial charge in [0.15, 0.2) is 0 Å². The Balaban J connectivity index is 1.37. The minimum Gasteiger partial charge on any atom is -0.492 e. The highest BCUT2D eigenvalue weighted by molar-refractivity contribution is 6.30. The van der Waals surface area contributed by atoms with Gasteiger partial charge in [-0.15, -0.1) is 0 Å². The van der Waals surface area contributed by atoms with Gasteiger partial charge < -0.3 is 14.6 Å². The SMILES string of the molecule is Cc1cc(C)cc(OCCn2c(CCCNC(=O)c3ccc(Cl)cc3)nc3ccccc32)c1. The van der Waals surface area contributed by atoms with E-state index in [0.29, 0.717) is 30.3 Å². The van der Waals surface area contributed by atoms with E-state index in [9.17, 15) is 4.79 Å². The van der Waals surface area contributed by atoms with Crippen LogP contribution in [0.3, 0.4) is 0 Å². The molecule has 1 aromatic heterocycles. The summed E-state index contributed by atoms with van der Waals surface area (Å²) in [5.41, 5.74) is 5.07. The van der Waals surface area contributed by atoms with Gasteiger partial charge in [0, 0.05) is 23.6 Å². The maximum atomic E-state index is 12.3. The lowest BCUT2D eigenvalue weighted by Crippen LogP contribution is -2.25. The van der Waals surface area contributed by atoms with E-state index in [2.05, 4.69) is 48.0 Å². The van der Waals surface area contributed by atoms with Crippen molar-refractivity contribution in [2.24, 2.45) is 0 Å². The molecule has 4 rings (SSSR count). The smallest absolute Gasteiger partial charge is 0.251 e. The summed E-state index contributed by atoms with van der Waals surface area (Å²) < 4.78 is 8.27. The van der Waals surface area contributed by atoms with Gasteiger partial charge >= 0.3 is 0 Å². The van der Waals surface area contributed by atoms with Crippen LogP contribution < -0.4 is 10.1 Å². The number of carbonyl (C=O) groups is 1. The number of amides is 1. The number of halogens is 1. The number of imidazole rings is 1. The van der Waals surface area contributed by atoms with Gasteiger partial charge in [0.25, 0.3) is 5.91 Å². The quantitative estimate of drug-likeness (QED) is 0.323. The van der Waals surface area contributed by atoms with E-state index >= 15 is 0 Å². The molecule has 3 aromatic carbocycles. The molecule has 6 heteroatoms. The van der Waals surface area contributed by atoms with Crippen LogP contribution in [0.5, 0.6) is 5.75 Å². The van der Waals surface area contributed by atoms with Gasteiger partial charge in [-0.3, -0.25) is 4.79 Å². The number of hydrogen-bond acceptors (Lipinski definition) is 3. The lowest BCUT2D eigenvalue weighted by atomic mass is 10.1. The van der Waals surface area contributed by atoms with Gasteiger partial charge in [0.1, 0.15) is 18.2 Å². The number of para-hydroxylation sites is 2. The van der Waals surface area contributed by atoms with Crippen LogP contribution in [-0.2, 0) is 13.0 Å². The van der Waals surface area contributed by atoms with Crippen LogP contribution in [0.15, 0.2) is 66.7 Å². The molecule has 0 atom stereocenters. The molecule has 1 amide bonds. The molecule has 5 nitrogen and oxygen atoms in total. The van der Waals surface area contributed by atoms with Crippen molar-refractivity contribution in [1.82, 2.24) is 14.9 Å². The monoisotopic (exact) mass is 461 g/mol. The minimum absolute atomic E-state index is 0.0954. The number of rotatable bonds is 9. The molecule has 33 heavy (non-hydrogen) atoms. The number of hydrogen-bond donors (Lipinski definition) is 1. The summed E-state index contributed by atoms with van der Waals surface area (Å²) >= 11 is 5.89. The molecule has 0 aliphatic heterocycles. The standard InChI is InChI=1S/C27H28ClN3O2/c1-19-16-20(2)18-23(17-19)33-15-14-31-25-7-4-3-6-24(25)30-26(31)8-5-13-29-27(32)21-9-11-22(28)12-10-21/h3-4,6-7,9-12,16-18H,5,8,13-15H2,1-2H3,(H,29,32). The second kappa shape index (κ2) is 10.5. The molecule has 0 saturated carbocycles. The van der Waals surface area contributed by atoms with E-state index in [-0.39, 0.29) is 5.91 Å². The zero-order chi connectivity index (χ0) is 23.2. The Hall–Kier alpha value is -3.31. The summed E-state index contributed by atoms with van der Waals surface area (Å²) in [5.74, 6) is 1.80. The number of benzene rings is 3. The average Bonchev–Trinajstić information content (AvgIpc) is 3.14. The highest BCUT2D eigenvalue weighted by Gasteiger charge is 2.11. The number of ether oxygens (including phenoxy) is 1. The van der Waals surface area contributed by atoms with Crippen molar-refractivity contribution >= 4 is 28.5 Å². The minimum atomic E-state index is -0.0954. The number of nitrogens with one attached hydrogen (secondary N) is 1. The van der Waals surface area contributed by atoms with Crippen LogP contribution in [-0.4, -0.2) is 28.6 Å². The lowest BCUT2D eigenvalue weighted by Gasteiger charge is -2.12. The first-order valence-electron chi connectivity index (χ1n) is 11.2. The molecule has 1 heterocycles. The number of aromatic nitrogens is 2. The Bertz CT molecular complexity index is 1230. The third-order valence-corrected chi connectivity index (χ3v) is 5.73. The molecule has 0 saturated heterocycles. The number of aryl methyl sites for hydroxylation is 3. The predicted octanol–water partition coefficient (Wildman–Crippen LogP) is 5.75. The van der Waals surface area contributed by atoms with E-state index in [0.717, 1.165) is 35.4 Å². The maximum Gasteiger partial charge on any atom is 0.251 e. The van der Waals surface area contributed by atoms with Crippen LogP contribution >= 0.6 is 11.6 Å². The first-order chi connectivity index (χ1) is 16.0. The van der Waals surface area contributed by atoms with Crippen molar-refractivity contribution in [1.29, 1.82) is 0 Å². The van der Waals surface area contributed by atoms with Gasteiger partial charge in [-0.05, 0) is 79.9 Å². The lowest BCUT2D eigenvalue weighted by molar-refractivity contribution is 0.0953. The summed E-state index contributed by atoms with van der Waals surface area (Å²) in [7, 11) is 0. The van der Waals surface area contributed by atoms with Gasteiger partial charge in [-0.1, -0.05) is 29.8 Å². The molecule has 0 unspecified atom stereocenters. The van der Waals surface area contributed by atoms with Crippen molar-refractivity contribution < 1.29 is 9.53 Å². The predicted molar refractivity (Wildman–Crippen MR) is 133 cm³/mol. The second-order valence-corrected chi connectivity index (χ2v) is 8.64. The largest absolute Gasteiger partial charge is 0.492 e. The Morgan fingerprint density at radius 2 is 1.76 bits per heavy atom. The molecular weight excluding hydrogens is 434 g/mol. The van der Waals surface area contributed by atoms with E-state index < -0.39 is 0 Å². The van der Waals surface area contributed by atoms with E-state index in [1.165, 1.54) is 11.1 Å². The zero-order valence-electron chi connectivity index (χ0n) is 19.0. The number of nitrogens with zero attached hydrogens (tertiary/aromatic N) is 2. The summed E-state index contributed by atoms with van der Waals surface area (Å²) in [6.07, 6.45) is 1.56. The van der Waals surface area contributed by atoms with Crippen molar-refractivity contribution in [2.75, 3.05) is 13.2 Å². The van der Waals surface area contributed by atoms with Crippen LogP contribution in [0.25, 0.3) is 11.0 Å². The molecule has 170 valence electrons. The number of carbonyl (C=O) groups excluding carboxylic acids is 1. The zero-order valence-corrected chi connectivity index (χ0v) is 19.7. The van der Waals surface area contributed by atoms with Crippen LogP contribution in [0, 0.1) is 13.8 Å². The van der Waals surface area contributed by atoms with Crippen LogP contribution in [0.4, 0.5) is 0 Å². The average molecular weight is 462 g/mol. The van der Waals surface area contributed by atoms with Crippen LogP contribution in [0.1, 0.15) is 33.7 Å². The number of fused-ring (bicyclic) bond motifs is 1. The molecular formula is C27H28ClN3O2. The van der Waals surface area contributed by atoms with Gasteiger partial charge in [-0.25, -0.2) is 4.98 Å². The van der Waals surface area contributed by atoms with Crippen molar-refractivity contribution in [2.45, 2.75) is 33.2 Å². The Kier molecular flexibility index (Phi) is 7.30. The fourth-order valence-electron chi connectivity index (χ4n) is 3.99. The fourth-order valence-corrected chi connectivity index (χ4v) is 4.11. The molecule has 0 bridgehead atoms. The first-order valence-corrected chi connectivity index (χ1v) is 11.6. The maximum absolute atomic E-state index is 12.3. The molecule has 0 aliphatic rings. The van der Waals surface area contributed by atoms with Gasteiger partial charge in [0.05, 0.1) is 17.6 Å². The highest BCUT2D eigenvalue weighted by atomic mass is 35.5. The van der Waals surface area contributed by atoms with Crippen LogP contribution in [0.2, 0.25) is 5.02 Å². The van der Waals surface area contributed by atoms with Gasteiger partial charge in [0.2, 0.25) is 0 Å². The summed E-state index contributed by atoms with van der Waals surface area (Å²) in [6, 6.07) is 21.3. The van der Waals surface area contributed by atoms with E-state index in [1.807, 2.05) is 18.2 Å². The summed E-state index contributed by atoms with van der Waals surface area (Å²) in [5, 5.41) is 3.59. The second-order valence-electron chi connectivity index (χ2n) is 8.21. The highest BCUT2D eigenvalue weighted by Crippen LogP contribution is 2.19. The topological polar surface area (TPSA) is 56.1 Å². The van der Waals surface area contributed by atoms with Crippen molar-refractivity contribution in [3.63, 3.8) is 0 Å².